The van der Waals surface area contributed by atoms with Crippen molar-refractivity contribution >= 4 is 34.5 Å². The number of hydrogen-bond donors (Lipinski definition) is 4. The van der Waals surface area contributed by atoms with Crippen LogP contribution in [0.3, 0.4) is 0 Å². The van der Waals surface area contributed by atoms with Crippen molar-refractivity contribution in [3.05, 3.63) is 83.2 Å². The molecule has 9 nitrogen and oxygen atoms in total. The molecule has 3 heterocycles. The number of carbonyl (C=O) groups is 1. The molecule has 1 aliphatic rings. The number of benzene rings is 1. The van der Waals surface area contributed by atoms with E-state index >= 15 is 0 Å². The van der Waals surface area contributed by atoms with Gasteiger partial charge in [-0.15, -0.1) is 0 Å². The highest BCUT2D eigenvalue weighted by molar-refractivity contribution is 6.08. The van der Waals surface area contributed by atoms with Crippen LogP contribution < -0.4 is 10.6 Å². The normalized spacial score (nSPS) is 14.4. The van der Waals surface area contributed by atoms with Crippen LogP contribution in [0.25, 0.3) is 16.7 Å². The van der Waals surface area contributed by atoms with Crippen molar-refractivity contribution in [3.63, 3.8) is 0 Å². The first-order chi connectivity index (χ1) is 19.2. The summed E-state index contributed by atoms with van der Waals surface area (Å²) in [6, 6.07) is 6.08. The summed E-state index contributed by atoms with van der Waals surface area (Å²) in [5.74, 6) is 0.0180. The molecule has 4 N–H and O–H groups in total. The summed E-state index contributed by atoms with van der Waals surface area (Å²) in [5.41, 5.74) is 1.21. The number of H-pyrrole nitrogens is 1. The molecule has 1 fully saturated rings. The second-order valence-corrected chi connectivity index (χ2v) is 9.37. The van der Waals surface area contributed by atoms with Crippen molar-refractivity contribution in [3.8, 4) is 0 Å². The van der Waals surface area contributed by atoms with Crippen LogP contribution >= 0.6 is 0 Å². The van der Waals surface area contributed by atoms with Gasteiger partial charge in [0, 0.05) is 30.5 Å². The second-order valence-electron chi connectivity index (χ2n) is 9.37. The predicted molar refractivity (Wildman–Crippen MR) is 140 cm³/mol. The van der Waals surface area contributed by atoms with Crippen molar-refractivity contribution in [1.82, 2.24) is 30.2 Å². The molecule has 1 aromatic carbocycles. The summed E-state index contributed by atoms with van der Waals surface area (Å²) in [4.78, 5) is 32.4. The first-order valence-corrected chi connectivity index (χ1v) is 12.5. The lowest BCUT2D eigenvalue weighted by Gasteiger charge is -2.10. The average Bonchev–Trinajstić information content (AvgIpc) is 3.62. The minimum atomic E-state index is -4.56. The summed E-state index contributed by atoms with van der Waals surface area (Å²) in [5, 5.41) is 13.2. The molecular formula is C27H24F4N8O. The largest absolute Gasteiger partial charge is 0.433 e. The Balaban J connectivity index is 1.29. The molecule has 0 aliphatic heterocycles. The number of aromatic nitrogens is 5. The standard InChI is InChI=1S/C27H24F4N8O/c28-19-8-15(7-17(9-19)18(10-32)12-33-20-5-6-21(34-13-20)27(29,30)31)11-35-26(40)23-22-25(37-14-36-23)39-24(38-22)16-3-1-2-4-16/h5-10,12-14,16,32-33H,1-4,11H2,(H,35,40)(H,36,37,38,39)/b18-12+,32-10?. The molecule has 0 bridgehead atoms. The molecule has 13 heteroatoms. The van der Waals surface area contributed by atoms with Crippen LogP contribution in [0.2, 0.25) is 0 Å². The zero-order valence-corrected chi connectivity index (χ0v) is 21.0. The summed E-state index contributed by atoms with van der Waals surface area (Å²) in [7, 11) is 0. The Bertz CT molecular complexity index is 1570. The Morgan fingerprint density at radius 2 is 1.93 bits per heavy atom. The maximum absolute atomic E-state index is 14.5. The van der Waals surface area contributed by atoms with Gasteiger partial charge in [0.05, 0.1) is 11.9 Å². The van der Waals surface area contributed by atoms with Crippen LogP contribution in [0.4, 0.5) is 23.2 Å². The lowest BCUT2D eigenvalue weighted by atomic mass is 10.0. The van der Waals surface area contributed by atoms with Crippen LogP contribution in [-0.4, -0.2) is 37.0 Å². The minimum absolute atomic E-state index is 0.0275. The number of pyridine rings is 1. The van der Waals surface area contributed by atoms with Gasteiger partial charge in [-0.2, -0.15) is 13.2 Å². The molecule has 206 valence electrons. The molecule has 0 spiro atoms. The number of rotatable bonds is 8. The van der Waals surface area contributed by atoms with E-state index in [-0.39, 0.29) is 23.5 Å². The molecule has 3 aromatic heterocycles. The highest BCUT2D eigenvalue weighted by atomic mass is 19.4. The lowest BCUT2D eigenvalue weighted by molar-refractivity contribution is -0.141. The number of allylic oxidation sites excluding steroid dienone is 1. The highest BCUT2D eigenvalue weighted by Crippen LogP contribution is 2.33. The third-order valence-electron chi connectivity index (χ3n) is 6.61. The highest BCUT2D eigenvalue weighted by Gasteiger charge is 2.32. The monoisotopic (exact) mass is 552 g/mol. The molecule has 40 heavy (non-hydrogen) atoms. The van der Waals surface area contributed by atoms with Gasteiger partial charge in [-0.3, -0.25) is 4.79 Å². The van der Waals surface area contributed by atoms with Gasteiger partial charge in [0.15, 0.2) is 11.3 Å². The number of alkyl halides is 3. The van der Waals surface area contributed by atoms with Crippen molar-refractivity contribution in [1.29, 1.82) is 5.41 Å². The SMILES string of the molecule is N=C/C(=C\Nc1ccc(C(F)(F)F)nc1)c1cc(F)cc(CNC(=O)c2ncnc3nc(C4CCCC4)[nH]c23)c1. The summed E-state index contributed by atoms with van der Waals surface area (Å²) < 4.78 is 52.6. The van der Waals surface area contributed by atoms with E-state index in [1.165, 1.54) is 30.7 Å². The zero-order valence-electron chi connectivity index (χ0n) is 21.0. The number of anilines is 1. The predicted octanol–water partition coefficient (Wildman–Crippen LogP) is 5.60. The van der Waals surface area contributed by atoms with E-state index in [2.05, 4.69) is 35.6 Å². The Kier molecular flexibility index (Phi) is 7.54. The number of nitrogens with one attached hydrogen (secondary N) is 4. The number of imidazole rings is 1. The van der Waals surface area contributed by atoms with Crippen molar-refractivity contribution in [2.75, 3.05) is 5.32 Å². The smallest absolute Gasteiger partial charge is 0.360 e. The third kappa shape index (κ3) is 5.98. The molecule has 0 unspecified atom stereocenters. The zero-order chi connectivity index (χ0) is 28.3. The van der Waals surface area contributed by atoms with Gasteiger partial charge >= 0.3 is 6.18 Å². The first kappa shape index (κ1) is 26.9. The molecule has 1 amide bonds. The van der Waals surface area contributed by atoms with Crippen LogP contribution in [0.1, 0.15) is 64.7 Å². The number of aromatic amines is 1. The Labute approximate surface area is 225 Å². The van der Waals surface area contributed by atoms with Gasteiger partial charge < -0.3 is 21.0 Å². The van der Waals surface area contributed by atoms with Crippen molar-refractivity contribution in [2.24, 2.45) is 0 Å². The van der Waals surface area contributed by atoms with E-state index in [4.69, 9.17) is 5.41 Å². The van der Waals surface area contributed by atoms with Gasteiger partial charge in [-0.25, -0.2) is 24.3 Å². The van der Waals surface area contributed by atoms with E-state index < -0.39 is 23.6 Å². The third-order valence-corrected chi connectivity index (χ3v) is 6.61. The van der Waals surface area contributed by atoms with Crippen LogP contribution in [0, 0.1) is 11.2 Å². The summed E-state index contributed by atoms with van der Waals surface area (Å²) in [6.07, 6.45) is 4.37. The van der Waals surface area contributed by atoms with Crippen LogP contribution in [0.5, 0.6) is 0 Å². The number of hydrogen-bond acceptors (Lipinski definition) is 7. The number of halogens is 4. The average molecular weight is 553 g/mol. The van der Waals surface area contributed by atoms with Crippen molar-refractivity contribution in [2.45, 2.75) is 44.3 Å². The molecule has 0 saturated heterocycles. The molecule has 0 radical (unpaired) electrons. The number of amides is 1. The maximum Gasteiger partial charge on any atom is 0.433 e. The Morgan fingerprint density at radius 1 is 1.12 bits per heavy atom. The van der Waals surface area contributed by atoms with Crippen molar-refractivity contribution < 1.29 is 22.4 Å². The topological polar surface area (TPSA) is 132 Å². The summed E-state index contributed by atoms with van der Waals surface area (Å²) >= 11 is 0. The van der Waals surface area contributed by atoms with E-state index in [0.717, 1.165) is 50.0 Å². The molecule has 4 aromatic rings. The summed E-state index contributed by atoms with van der Waals surface area (Å²) in [6.45, 7) is -0.0275. The fourth-order valence-electron chi connectivity index (χ4n) is 4.61. The quantitative estimate of drug-likeness (QED) is 0.166. The van der Waals surface area contributed by atoms with Crippen LogP contribution in [0.15, 0.2) is 49.1 Å². The Morgan fingerprint density at radius 3 is 2.62 bits per heavy atom. The number of carbonyl (C=O) groups excluding carboxylic acids is 1. The van der Waals surface area contributed by atoms with E-state index in [0.29, 0.717) is 28.2 Å². The van der Waals surface area contributed by atoms with E-state index in [1.807, 2.05) is 0 Å². The number of nitrogens with zero attached hydrogens (tertiary/aromatic N) is 4. The molecule has 0 atom stereocenters. The van der Waals surface area contributed by atoms with Gasteiger partial charge in [-0.1, -0.05) is 12.8 Å². The molecule has 1 aliphatic carbocycles. The lowest BCUT2D eigenvalue weighted by Crippen LogP contribution is -2.24. The van der Waals surface area contributed by atoms with Gasteiger partial charge in [-0.05, 0) is 54.3 Å². The van der Waals surface area contributed by atoms with Crippen LogP contribution in [-0.2, 0) is 12.7 Å². The molecule has 5 rings (SSSR count). The van der Waals surface area contributed by atoms with Gasteiger partial charge in [0.25, 0.3) is 5.91 Å². The fourth-order valence-corrected chi connectivity index (χ4v) is 4.61. The van der Waals surface area contributed by atoms with E-state index in [9.17, 15) is 22.4 Å². The molecule has 1 saturated carbocycles. The minimum Gasteiger partial charge on any atom is -0.360 e. The fraction of sp³-hybridized carbons (Fsp3) is 0.259. The van der Waals surface area contributed by atoms with Gasteiger partial charge in [0.1, 0.15) is 29.2 Å². The second kappa shape index (κ2) is 11.2. The van der Waals surface area contributed by atoms with Gasteiger partial charge in [0.2, 0.25) is 0 Å². The molecular weight excluding hydrogens is 528 g/mol. The maximum atomic E-state index is 14.5. The number of fused-ring (bicyclic) bond motifs is 1. The Hall–Kier alpha value is -4.68. The van der Waals surface area contributed by atoms with E-state index in [1.54, 1.807) is 6.07 Å². The first-order valence-electron chi connectivity index (χ1n) is 12.5.